The van der Waals surface area contributed by atoms with E-state index in [0.29, 0.717) is 17.1 Å². The summed E-state index contributed by atoms with van der Waals surface area (Å²) >= 11 is 0. The second-order valence-corrected chi connectivity index (χ2v) is 7.33. The molecule has 1 aromatic carbocycles. The van der Waals surface area contributed by atoms with Crippen molar-refractivity contribution in [2.75, 3.05) is 5.32 Å². The zero-order valence-electron chi connectivity index (χ0n) is 14.0. The van der Waals surface area contributed by atoms with Crippen LogP contribution in [0.25, 0.3) is 11.0 Å². The number of nitrogens with one attached hydrogen (secondary N) is 1. The van der Waals surface area contributed by atoms with E-state index in [0.717, 1.165) is 37.7 Å². The molecule has 1 heterocycles. The molecule has 1 N–H and O–H groups in total. The van der Waals surface area contributed by atoms with Crippen molar-refractivity contribution in [3.05, 3.63) is 23.8 Å². The van der Waals surface area contributed by atoms with Gasteiger partial charge in [-0.15, -0.1) is 0 Å². The number of halogens is 2. The molecule has 0 spiro atoms. The highest BCUT2D eigenvalue weighted by Gasteiger charge is 2.25. The maximum atomic E-state index is 14.2. The SMILES string of the molecule is Fc1cc(F)c2nc(NC3CCCCC3)n(C3CCCCC3)c2c1. The summed E-state index contributed by atoms with van der Waals surface area (Å²) in [4.78, 5) is 4.53. The van der Waals surface area contributed by atoms with Gasteiger partial charge in [-0.25, -0.2) is 13.8 Å². The van der Waals surface area contributed by atoms with Crippen LogP contribution in [0.1, 0.15) is 70.3 Å². The fraction of sp³-hybridized carbons (Fsp3) is 0.632. The number of hydrogen-bond donors (Lipinski definition) is 1. The van der Waals surface area contributed by atoms with E-state index in [-0.39, 0.29) is 6.04 Å². The number of anilines is 1. The highest BCUT2D eigenvalue weighted by atomic mass is 19.1. The van der Waals surface area contributed by atoms with Crippen molar-refractivity contribution in [2.45, 2.75) is 76.3 Å². The van der Waals surface area contributed by atoms with Gasteiger partial charge in [0.1, 0.15) is 11.3 Å². The van der Waals surface area contributed by atoms with Crippen LogP contribution in [0.4, 0.5) is 14.7 Å². The Balaban J connectivity index is 1.76. The Morgan fingerprint density at radius 3 is 2.29 bits per heavy atom. The first-order valence-corrected chi connectivity index (χ1v) is 9.36. The molecule has 4 rings (SSSR count). The minimum atomic E-state index is -0.564. The van der Waals surface area contributed by atoms with Gasteiger partial charge in [-0.05, 0) is 25.7 Å². The smallest absolute Gasteiger partial charge is 0.204 e. The van der Waals surface area contributed by atoms with Crippen LogP contribution in [0.2, 0.25) is 0 Å². The van der Waals surface area contributed by atoms with Crippen LogP contribution in [0.15, 0.2) is 12.1 Å². The minimum absolute atomic E-state index is 0.288. The molecule has 0 saturated heterocycles. The van der Waals surface area contributed by atoms with Gasteiger partial charge in [0.25, 0.3) is 0 Å². The second-order valence-electron chi connectivity index (χ2n) is 7.33. The molecular formula is C19H25F2N3. The molecule has 0 bridgehead atoms. The maximum Gasteiger partial charge on any atom is 0.204 e. The van der Waals surface area contributed by atoms with Crippen molar-refractivity contribution in [1.29, 1.82) is 0 Å². The standard InChI is InChI=1S/C19H25F2N3/c20-13-11-16(21)18-17(12-13)24(15-9-5-2-6-10-15)19(23-18)22-14-7-3-1-4-8-14/h11-12,14-15H,1-10H2,(H,22,23). The molecule has 2 fully saturated rings. The number of hydrogen-bond acceptors (Lipinski definition) is 2. The lowest BCUT2D eigenvalue weighted by molar-refractivity contribution is 0.360. The summed E-state index contributed by atoms with van der Waals surface area (Å²) in [6, 6.07) is 3.05. The fourth-order valence-corrected chi connectivity index (χ4v) is 4.36. The Labute approximate surface area is 141 Å². The van der Waals surface area contributed by atoms with Gasteiger partial charge >= 0.3 is 0 Å². The van der Waals surface area contributed by atoms with Crippen molar-refractivity contribution in [3.63, 3.8) is 0 Å². The first kappa shape index (κ1) is 15.9. The van der Waals surface area contributed by atoms with Crippen LogP contribution >= 0.6 is 0 Å². The number of benzene rings is 1. The predicted octanol–water partition coefficient (Wildman–Crippen LogP) is 5.56. The zero-order valence-corrected chi connectivity index (χ0v) is 14.0. The van der Waals surface area contributed by atoms with E-state index in [9.17, 15) is 8.78 Å². The molecule has 0 unspecified atom stereocenters. The molecule has 3 nitrogen and oxygen atoms in total. The van der Waals surface area contributed by atoms with Crippen molar-refractivity contribution in [2.24, 2.45) is 0 Å². The highest BCUT2D eigenvalue weighted by Crippen LogP contribution is 2.36. The molecule has 2 aliphatic rings. The van der Waals surface area contributed by atoms with Crippen LogP contribution in [0.5, 0.6) is 0 Å². The third-order valence-electron chi connectivity index (χ3n) is 5.59. The van der Waals surface area contributed by atoms with Gasteiger partial charge < -0.3 is 9.88 Å². The molecule has 0 amide bonds. The van der Waals surface area contributed by atoms with Gasteiger partial charge in [-0.1, -0.05) is 38.5 Å². The van der Waals surface area contributed by atoms with Crippen LogP contribution in [0.3, 0.4) is 0 Å². The molecule has 130 valence electrons. The number of aromatic nitrogens is 2. The summed E-state index contributed by atoms with van der Waals surface area (Å²) in [5.74, 6) is -0.360. The summed E-state index contributed by atoms with van der Waals surface area (Å²) in [7, 11) is 0. The zero-order chi connectivity index (χ0) is 16.5. The summed E-state index contributed by atoms with van der Waals surface area (Å²) < 4.78 is 30.1. The Morgan fingerprint density at radius 1 is 0.917 bits per heavy atom. The van der Waals surface area contributed by atoms with Gasteiger partial charge in [0.2, 0.25) is 5.95 Å². The minimum Gasteiger partial charge on any atom is -0.353 e. The third-order valence-corrected chi connectivity index (χ3v) is 5.59. The first-order valence-electron chi connectivity index (χ1n) is 9.36. The number of rotatable bonds is 3. The first-order chi connectivity index (χ1) is 11.7. The topological polar surface area (TPSA) is 29.9 Å². The van der Waals surface area contributed by atoms with E-state index in [1.165, 1.54) is 44.6 Å². The Hall–Kier alpha value is -1.65. The van der Waals surface area contributed by atoms with Crippen molar-refractivity contribution in [1.82, 2.24) is 9.55 Å². The molecule has 0 aliphatic heterocycles. The third kappa shape index (κ3) is 3.01. The summed E-state index contributed by atoms with van der Waals surface area (Å²) in [5, 5.41) is 3.55. The van der Waals surface area contributed by atoms with Crippen molar-refractivity contribution < 1.29 is 8.78 Å². The van der Waals surface area contributed by atoms with Gasteiger partial charge in [-0.3, -0.25) is 0 Å². The highest BCUT2D eigenvalue weighted by molar-refractivity contribution is 5.79. The molecule has 24 heavy (non-hydrogen) atoms. The van der Waals surface area contributed by atoms with E-state index in [1.54, 1.807) is 0 Å². The molecule has 2 aliphatic carbocycles. The van der Waals surface area contributed by atoms with Crippen LogP contribution < -0.4 is 5.32 Å². The van der Waals surface area contributed by atoms with E-state index in [1.807, 2.05) is 0 Å². The molecular weight excluding hydrogens is 308 g/mol. The largest absolute Gasteiger partial charge is 0.353 e. The van der Waals surface area contributed by atoms with E-state index >= 15 is 0 Å². The molecule has 2 aromatic rings. The Bertz CT molecular complexity index is 713. The molecule has 5 heteroatoms. The fourth-order valence-electron chi connectivity index (χ4n) is 4.36. The van der Waals surface area contributed by atoms with E-state index < -0.39 is 11.6 Å². The quantitative estimate of drug-likeness (QED) is 0.796. The van der Waals surface area contributed by atoms with Gasteiger partial charge in [0.15, 0.2) is 5.82 Å². The molecule has 0 atom stereocenters. The maximum absolute atomic E-state index is 14.2. The Kier molecular flexibility index (Phi) is 4.42. The lowest BCUT2D eigenvalue weighted by Gasteiger charge is -2.28. The lowest BCUT2D eigenvalue weighted by atomic mass is 9.94. The summed E-state index contributed by atoms with van der Waals surface area (Å²) in [6.45, 7) is 0. The van der Waals surface area contributed by atoms with Gasteiger partial charge in [0, 0.05) is 24.2 Å². The monoisotopic (exact) mass is 333 g/mol. The lowest BCUT2D eigenvalue weighted by Crippen LogP contribution is -2.25. The van der Waals surface area contributed by atoms with Crippen molar-refractivity contribution in [3.8, 4) is 0 Å². The molecule has 0 radical (unpaired) electrons. The predicted molar refractivity (Wildman–Crippen MR) is 92.3 cm³/mol. The average molecular weight is 333 g/mol. The van der Waals surface area contributed by atoms with Crippen molar-refractivity contribution >= 4 is 17.0 Å². The average Bonchev–Trinajstić information content (AvgIpc) is 2.95. The van der Waals surface area contributed by atoms with E-state index in [4.69, 9.17) is 0 Å². The van der Waals surface area contributed by atoms with Crippen LogP contribution in [-0.2, 0) is 0 Å². The van der Waals surface area contributed by atoms with E-state index in [2.05, 4.69) is 14.9 Å². The number of imidazole rings is 1. The van der Waals surface area contributed by atoms with Crippen LogP contribution in [-0.4, -0.2) is 15.6 Å². The van der Waals surface area contributed by atoms with Gasteiger partial charge in [-0.2, -0.15) is 0 Å². The molecule has 1 aromatic heterocycles. The normalized spacial score (nSPS) is 20.6. The van der Waals surface area contributed by atoms with Crippen LogP contribution in [0, 0.1) is 11.6 Å². The summed E-state index contributed by atoms with van der Waals surface area (Å²) in [6.07, 6.45) is 11.7. The Morgan fingerprint density at radius 2 is 1.58 bits per heavy atom. The summed E-state index contributed by atoms with van der Waals surface area (Å²) in [5.41, 5.74) is 0.887. The number of nitrogens with zero attached hydrogens (tertiary/aromatic N) is 2. The number of fused-ring (bicyclic) bond motifs is 1. The molecule has 2 saturated carbocycles. The van der Waals surface area contributed by atoms with Gasteiger partial charge in [0.05, 0.1) is 5.52 Å². The second kappa shape index (κ2) is 6.69.